The van der Waals surface area contributed by atoms with Crippen molar-refractivity contribution in [2.45, 2.75) is 6.18 Å². The summed E-state index contributed by atoms with van der Waals surface area (Å²) < 4.78 is 43.7. The van der Waals surface area contributed by atoms with Crippen LogP contribution in [0.25, 0.3) is 0 Å². The Labute approximate surface area is 126 Å². The highest BCUT2D eigenvalue weighted by Gasteiger charge is 2.33. The van der Waals surface area contributed by atoms with Gasteiger partial charge in [0.1, 0.15) is 11.6 Å². The van der Waals surface area contributed by atoms with Gasteiger partial charge in [-0.3, -0.25) is 0 Å². The van der Waals surface area contributed by atoms with Crippen LogP contribution >= 0.6 is 15.9 Å². The number of methoxy groups -OCH3 is 1. The molecule has 0 saturated carbocycles. The molecule has 112 valence electrons. The lowest BCUT2D eigenvalue weighted by molar-refractivity contribution is -0.141. The Bertz CT molecular complexity index is 663. The van der Waals surface area contributed by atoms with E-state index < -0.39 is 17.8 Å². The molecule has 9 heteroatoms. The van der Waals surface area contributed by atoms with Crippen molar-refractivity contribution in [3.8, 4) is 5.75 Å². The molecule has 2 rings (SSSR count). The van der Waals surface area contributed by atoms with E-state index >= 15 is 0 Å². The molecule has 0 aliphatic carbocycles. The van der Waals surface area contributed by atoms with Crippen molar-refractivity contribution in [3.05, 3.63) is 34.4 Å². The van der Waals surface area contributed by atoms with Gasteiger partial charge >= 0.3 is 6.18 Å². The maximum Gasteiger partial charge on any atom is 0.433 e. The normalized spacial score (nSPS) is 11.3. The number of rotatable bonds is 3. The summed E-state index contributed by atoms with van der Waals surface area (Å²) in [5.74, 6) is 0.00824. The van der Waals surface area contributed by atoms with Crippen LogP contribution in [0.15, 0.2) is 28.7 Å². The Hall–Kier alpha value is -2.03. The molecule has 2 aromatic rings. The molecule has 0 aliphatic rings. The average Bonchev–Trinajstić information content (AvgIpc) is 2.39. The second kappa shape index (κ2) is 5.76. The van der Waals surface area contributed by atoms with E-state index in [1.807, 2.05) is 0 Å². The van der Waals surface area contributed by atoms with Gasteiger partial charge in [-0.05, 0) is 28.1 Å². The molecule has 0 atom stereocenters. The number of anilines is 3. The van der Waals surface area contributed by atoms with Crippen molar-refractivity contribution in [2.24, 2.45) is 0 Å². The zero-order valence-corrected chi connectivity index (χ0v) is 12.3. The first-order valence-corrected chi connectivity index (χ1v) is 6.41. The first kappa shape index (κ1) is 15.4. The smallest absolute Gasteiger partial charge is 0.433 e. The number of alkyl halides is 3. The maximum absolute atomic E-state index is 12.7. The van der Waals surface area contributed by atoms with Crippen LogP contribution in [0.2, 0.25) is 0 Å². The largest absolute Gasteiger partial charge is 0.497 e. The molecule has 0 aliphatic heterocycles. The molecular formula is C12H10BrF3N4O. The Balaban J connectivity index is 2.38. The third-order valence-electron chi connectivity index (χ3n) is 2.47. The highest BCUT2D eigenvalue weighted by Crippen LogP contribution is 2.32. The molecule has 0 saturated heterocycles. The zero-order chi connectivity index (χ0) is 15.6. The van der Waals surface area contributed by atoms with Crippen LogP contribution in [0.3, 0.4) is 0 Å². The second-order valence-electron chi connectivity index (χ2n) is 3.97. The highest BCUT2D eigenvalue weighted by molar-refractivity contribution is 9.10. The van der Waals surface area contributed by atoms with E-state index in [0.29, 0.717) is 15.9 Å². The van der Waals surface area contributed by atoms with Crippen LogP contribution in [0, 0.1) is 0 Å². The minimum absolute atomic E-state index is 0.0659. The van der Waals surface area contributed by atoms with Crippen LogP contribution in [-0.2, 0) is 6.18 Å². The van der Waals surface area contributed by atoms with E-state index in [2.05, 4.69) is 31.2 Å². The number of hydrogen-bond donors (Lipinski definition) is 2. The van der Waals surface area contributed by atoms with Crippen molar-refractivity contribution in [2.75, 3.05) is 18.2 Å². The lowest BCUT2D eigenvalue weighted by Crippen LogP contribution is -2.12. The maximum atomic E-state index is 12.7. The molecule has 21 heavy (non-hydrogen) atoms. The van der Waals surface area contributed by atoms with Crippen molar-refractivity contribution in [3.63, 3.8) is 0 Å². The van der Waals surface area contributed by atoms with Crippen LogP contribution in [0.1, 0.15) is 5.69 Å². The van der Waals surface area contributed by atoms with Gasteiger partial charge in [0.15, 0.2) is 5.69 Å². The van der Waals surface area contributed by atoms with E-state index in [4.69, 9.17) is 10.5 Å². The molecule has 0 bridgehead atoms. The van der Waals surface area contributed by atoms with Crippen LogP contribution in [0.4, 0.5) is 30.6 Å². The molecule has 0 amide bonds. The van der Waals surface area contributed by atoms with E-state index in [-0.39, 0.29) is 5.82 Å². The number of benzene rings is 1. The van der Waals surface area contributed by atoms with Gasteiger partial charge in [0.2, 0.25) is 5.95 Å². The monoisotopic (exact) mass is 362 g/mol. The quantitative estimate of drug-likeness (QED) is 0.872. The summed E-state index contributed by atoms with van der Waals surface area (Å²) in [4.78, 5) is 6.90. The predicted octanol–water partition coefficient (Wildman–Crippen LogP) is 3.59. The summed E-state index contributed by atoms with van der Waals surface area (Å²) in [5, 5.41) is 2.74. The number of nitrogen functional groups attached to an aromatic ring is 1. The fraction of sp³-hybridized carbons (Fsp3) is 0.167. The first-order chi connectivity index (χ1) is 9.79. The van der Waals surface area contributed by atoms with Crippen LogP contribution in [-0.4, -0.2) is 17.1 Å². The summed E-state index contributed by atoms with van der Waals surface area (Å²) in [6.07, 6.45) is -4.60. The lowest BCUT2D eigenvalue weighted by Gasteiger charge is -2.12. The van der Waals surface area contributed by atoms with Gasteiger partial charge in [0.05, 0.1) is 12.8 Å². The van der Waals surface area contributed by atoms with Gasteiger partial charge in [0.25, 0.3) is 0 Å². The zero-order valence-electron chi connectivity index (χ0n) is 10.7. The number of nitrogens with zero attached hydrogens (tertiary/aromatic N) is 2. The van der Waals surface area contributed by atoms with Gasteiger partial charge < -0.3 is 15.8 Å². The second-order valence-corrected chi connectivity index (χ2v) is 4.82. The van der Waals surface area contributed by atoms with Crippen LogP contribution in [0.5, 0.6) is 5.75 Å². The standard InChI is InChI=1S/C12H10BrF3N4O/c1-21-6-2-3-7(13)8(4-6)18-10-5-9(12(14,15)16)19-11(17)20-10/h2-5H,1H3,(H3,17,18,19,20). The molecule has 0 fully saturated rings. The lowest BCUT2D eigenvalue weighted by atomic mass is 10.3. The van der Waals surface area contributed by atoms with Crippen molar-refractivity contribution in [1.29, 1.82) is 0 Å². The summed E-state index contributed by atoms with van der Waals surface area (Å²) in [5.41, 5.74) is 4.68. The summed E-state index contributed by atoms with van der Waals surface area (Å²) >= 11 is 3.28. The average molecular weight is 363 g/mol. The number of nitrogens with two attached hydrogens (primary N) is 1. The number of nitrogens with one attached hydrogen (secondary N) is 1. The SMILES string of the molecule is COc1ccc(Br)c(Nc2cc(C(F)(F)F)nc(N)n2)c1. The molecule has 1 aromatic heterocycles. The topological polar surface area (TPSA) is 73.1 Å². The van der Waals surface area contributed by atoms with E-state index in [9.17, 15) is 13.2 Å². The van der Waals surface area contributed by atoms with Gasteiger partial charge in [-0.1, -0.05) is 0 Å². The van der Waals surface area contributed by atoms with Crippen molar-refractivity contribution < 1.29 is 17.9 Å². The molecule has 1 aromatic carbocycles. The Morgan fingerprint density at radius 3 is 2.57 bits per heavy atom. The minimum Gasteiger partial charge on any atom is -0.497 e. The Morgan fingerprint density at radius 1 is 1.24 bits per heavy atom. The van der Waals surface area contributed by atoms with E-state index in [0.717, 1.165) is 6.07 Å². The van der Waals surface area contributed by atoms with Crippen molar-refractivity contribution >= 4 is 33.4 Å². The number of halogens is 4. The predicted molar refractivity (Wildman–Crippen MR) is 75.4 cm³/mol. The van der Waals surface area contributed by atoms with Gasteiger partial charge in [0, 0.05) is 16.6 Å². The molecule has 0 spiro atoms. The van der Waals surface area contributed by atoms with E-state index in [1.165, 1.54) is 7.11 Å². The van der Waals surface area contributed by atoms with Gasteiger partial charge in [-0.25, -0.2) is 4.98 Å². The molecule has 3 N–H and O–H groups in total. The van der Waals surface area contributed by atoms with Crippen molar-refractivity contribution in [1.82, 2.24) is 9.97 Å². The summed E-state index contributed by atoms with van der Waals surface area (Å²) in [7, 11) is 1.48. The number of hydrogen-bond acceptors (Lipinski definition) is 5. The van der Waals surface area contributed by atoms with Gasteiger partial charge in [-0.2, -0.15) is 18.2 Å². The molecule has 0 radical (unpaired) electrons. The third-order valence-corrected chi connectivity index (χ3v) is 3.16. The molecular weight excluding hydrogens is 353 g/mol. The highest BCUT2D eigenvalue weighted by atomic mass is 79.9. The molecule has 0 unspecified atom stereocenters. The fourth-order valence-electron chi connectivity index (χ4n) is 1.54. The molecule has 1 heterocycles. The Kier molecular flexibility index (Phi) is 4.21. The number of aromatic nitrogens is 2. The van der Waals surface area contributed by atoms with Gasteiger partial charge in [-0.15, -0.1) is 0 Å². The minimum atomic E-state index is -4.60. The van der Waals surface area contributed by atoms with E-state index in [1.54, 1.807) is 18.2 Å². The fourth-order valence-corrected chi connectivity index (χ4v) is 1.89. The summed E-state index contributed by atoms with van der Waals surface area (Å²) in [6.45, 7) is 0. The molecule has 5 nitrogen and oxygen atoms in total. The summed E-state index contributed by atoms with van der Waals surface area (Å²) in [6, 6.07) is 5.78. The van der Waals surface area contributed by atoms with Crippen LogP contribution < -0.4 is 15.8 Å². The first-order valence-electron chi connectivity index (χ1n) is 5.62. The number of ether oxygens (including phenoxy) is 1. The third kappa shape index (κ3) is 3.75. The Morgan fingerprint density at radius 2 is 1.95 bits per heavy atom.